The van der Waals surface area contributed by atoms with Gasteiger partial charge in [0, 0.05) is 25.2 Å². The minimum absolute atomic E-state index is 0. The second-order valence-corrected chi connectivity index (χ2v) is 8.91. The Morgan fingerprint density at radius 1 is 1.14 bits per heavy atom. The van der Waals surface area contributed by atoms with Crippen LogP contribution >= 0.6 is 12.4 Å². The van der Waals surface area contributed by atoms with E-state index in [2.05, 4.69) is 5.32 Å². The summed E-state index contributed by atoms with van der Waals surface area (Å²) in [6.07, 6.45) is 3.34. The molecule has 0 spiro atoms. The maximum Gasteiger partial charge on any atom is 0.264 e. The highest BCUT2D eigenvalue weighted by Gasteiger charge is 2.26. The van der Waals surface area contributed by atoms with Crippen LogP contribution in [0, 0.1) is 5.92 Å². The van der Waals surface area contributed by atoms with E-state index in [1.165, 1.54) is 23.5 Å². The Balaban J connectivity index is 0.00000280. The molecule has 0 bridgehead atoms. The third-order valence-electron chi connectivity index (χ3n) is 5.06. The number of para-hydroxylation sites is 1. The van der Waals surface area contributed by atoms with Crippen molar-refractivity contribution < 1.29 is 13.2 Å². The summed E-state index contributed by atoms with van der Waals surface area (Å²) in [4.78, 5) is 12.4. The fourth-order valence-electron chi connectivity index (χ4n) is 3.44. The number of nitrogens with two attached hydrogens (primary N) is 1. The van der Waals surface area contributed by atoms with E-state index in [0.29, 0.717) is 17.8 Å². The van der Waals surface area contributed by atoms with Crippen LogP contribution in [0.5, 0.6) is 0 Å². The first-order valence-electron chi connectivity index (χ1n) is 9.07. The molecular weight excluding hydrogens is 398 g/mol. The summed E-state index contributed by atoms with van der Waals surface area (Å²) in [5.74, 6) is 0.0597. The monoisotopic (exact) mass is 423 g/mol. The van der Waals surface area contributed by atoms with Gasteiger partial charge in [-0.25, -0.2) is 8.42 Å². The van der Waals surface area contributed by atoms with Gasteiger partial charge in [0.1, 0.15) is 0 Å². The number of nitrogens with one attached hydrogen (secondary N) is 1. The molecule has 1 saturated carbocycles. The van der Waals surface area contributed by atoms with E-state index in [1.54, 1.807) is 36.4 Å². The first-order chi connectivity index (χ1) is 12.9. The number of hydrogen-bond acceptors (Lipinski definition) is 4. The van der Waals surface area contributed by atoms with Gasteiger partial charge in [-0.1, -0.05) is 30.7 Å². The smallest absolute Gasteiger partial charge is 0.264 e. The fraction of sp³-hybridized carbons (Fsp3) is 0.350. The third kappa shape index (κ3) is 5.04. The van der Waals surface area contributed by atoms with E-state index in [0.717, 1.165) is 19.3 Å². The Kier molecular flexibility index (Phi) is 7.46. The predicted molar refractivity (Wildman–Crippen MR) is 114 cm³/mol. The normalized spacial score (nSPS) is 18.9. The molecule has 8 heteroatoms. The molecule has 1 aliphatic rings. The molecule has 0 unspecified atom stereocenters. The van der Waals surface area contributed by atoms with E-state index in [-0.39, 0.29) is 35.2 Å². The SMILES string of the molecule is CN(c1ccccc1)S(=O)(=O)c1cccc(NC(=O)C[C@@H]2CCC[C@H]2N)c1.Cl. The second kappa shape index (κ2) is 9.41. The number of rotatable bonds is 6. The molecule has 152 valence electrons. The van der Waals surface area contributed by atoms with Crippen molar-refractivity contribution in [3.05, 3.63) is 54.6 Å². The molecule has 0 aromatic heterocycles. The topological polar surface area (TPSA) is 92.5 Å². The maximum atomic E-state index is 12.9. The molecule has 1 fully saturated rings. The molecule has 2 aromatic rings. The lowest BCUT2D eigenvalue weighted by Gasteiger charge is -2.20. The van der Waals surface area contributed by atoms with E-state index in [1.807, 2.05) is 6.07 Å². The summed E-state index contributed by atoms with van der Waals surface area (Å²) in [6, 6.07) is 15.3. The lowest BCUT2D eigenvalue weighted by Crippen LogP contribution is -2.28. The lowest BCUT2D eigenvalue weighted by atomic mass is 10.00. The third-order valence-corrected chi connectivity index (χ3v) is 6.84. The highest BCUT2D eigenvalue weighted by Crippen LogP contribution is 2.28. The molecule has 0 radical (unpaired) electrons. The quantitative estimate of drug-likeness (QED) is 0.744. The Labute approximate surface area is 172 Å². The zero-order valence-corrected chi connectivity index (χ0v) is 17.4. The van der Waals surface area contributed by atoms with Gasteiger partial charge in [0.15, 0.2) is 0 Å². The van der Waals surface area contributed by atoms with E-state index >= 15 is 0 Å². The largest absolute Gasteiger partial charge is 0.327 e. The Bertz CT molecular complexity index is 906. The molecule has 0 saturated heterocycles. The summed E-state index contributed by atoms with van der Waals surface area (Å²) in [7, 11) is -2.21. The van der Waals surface area contributed by atoms with Crippen LogP contribution in [-0.4, -0.2) is 27.4 Å². The average molecular weight is 424 g/mol. The lowest BCUT2D eigenvalue weighted by molar-refractivity contribution is -0.117. The van der Waals surface area contributed by atoms with Gasteiger partial charge in [0.25, 0.3) is 10.0 Å². The number of carbonyl (C=O) groups excluding carboxylic acids is 1. The standard InChI is InChI=1S/C20H25N3O3S.ClH/c1-23(17-9-3-2-4-10-17)27(25,26)18-11-6-8-16(14-18)22-20(24)13-15-7-5-12-19(15)21;/h2-4,6,8-11,14-15,19H,5,7,12-13,21H2,1H3,(H,22,24);1H/t15-,19+;/m0./s1. The zero-order valence-electron chi connectivity index (χ0n) is 15.7. The fourth-order valence-corrected chi connectivity index (χ4v) is 4.68. The zero-order chi connectivity index (χ0) is 19.4. The number of halogens is 1. The van der Waals surface area contributed by atoms with Crippen molar-refractivity contribution in [2.24, 2.45) is 11.7 Å². The Hall–Kier alpha value is -2.09. The van der Waals surface area contributed by atoms with Gasteiger partial charge in [-0.2, -0.15) is 0 Å². The van der Waals surface area contributed by atoms with E-state index < -0.39 is 10.0 Å². The second-order valence-electron chi connectivity index (χ2n) is 6.94. The van der Waals surface area contributed by atoms with Crippen molar-refractivity contribution in [1.29, 1.82) is 0 Å². The first kappa shape index (κ1) is 22.2. The van der Waals surface area contributed by atoms with E-state index in [4.69, 9.17) is 5.73 Å². The van der Waals surface area contributed by atoms with Crippen molar-refractivity contribution in [3.8, 4) is 0 Å². The van der Waals surface area contributed by atoms with Crippen molar-refractivity contribution in [2.75, 3.05) is 16.7 Å². The van der Waals surface area contributed by atoms with Gasteiger partial charge in [0.2, 0.25) is 5.91 Å². The van der Waals surface area contributed by atoms with Gasteiger partial charge < -0.3 is 11.1 Å². The molecular formula is C20H26ClN3O3S. The highest BCUT2D eigenvalue weighted by molar-refractivity contribution is 7.92. The average Bonchev–Trinajstić information content (AvgIpc) is 3.06. The molecule has 1 aliphatic carbocycles. The van der Waals surface area contributed by atoms with Crippen molar-refractivity contribution in [2.45, 2.75) is 36.6 Å². The molecule has 28 heavy (non-hydrogen) atoms. The summed E-state index contributed by atoms with van der Waals surface area (Å²) >= 11 is 0. The van der Waals surface area contributed by atoms with Crippen molar-refractivity contribution in [3.63, 3.8) is 0 Å². The van der Waals surface area contributed by atoms with Crippen LogP contribution in [0.15, 0.2) is 59.5 Å². The molecule has 2 aromatic carbocycles. The Morgan fingerprint density at radius 3 is 2.50 bits per heavy atom. The maximum absolute atomic E-state index is 12.9. The molecule has 0 heterocycles. The number of benzene rings is 2. The number of hydrogen-bond donors (Lipinski definition) is 2. The number of sulfonamides is 1. The molecule has 6 nitrogen and oxygen atoms in total. The van der Waals surface area contributed by atoms with E-state index in [9.17, 15) is 13.2 Å². The van der Waals surface area contributed by atoms with Crippen LogP contribution in [0.25, 0.3) is 0 Å². The van der Waals surface area contributed by atoms with Gasteiger partial charge in [-0.05, 0) is 49.1 Å². The van der Waals surface area contributed by atoms with Crippen LogP contribution in [-0.2, 0) is 14.8 Å². The number of carbonyl (C=O) groups is 1. The molecule has 3 rings (SSSR count). The van der Waals surface area contributed by atoms with Crippen LogP contribution < -0.4 is 15.4 Å². The van der Waals surface area contributed by atoms with Gasteiger partial charge in [-0.3, -0.25) is 9.10 Å². The van der Waals surface area contributed by atoms with Crippen LogP contribution in [0.3, 0.4) is 0 Å². The number of amides is 1. The van der Waals surface area contributed by atoms with Crippen LogP contribution in [0.4, 0.5) is 11.4 Å². The summed E-state index contributed by atoms with van der Waals surface area (Å²) in [6.45, 7) is 0. The molecule has 1 amide bonds. The molecule has 0 aliphatic heterocycles. The van der Waals surface area contributed by atoms with Gasteiger partial charge in [-0.15, -0.1) is 12.4 Å². The molecule has 2 atom stereocenters. The van der Waals surface area contributed by atoms with Gasteiger partial charge in [0.05, 0.1) is 10.6 Å². The van der Waals surface area contributed by atoms with Crippen molar-refractivity contribution >= 4 is 39.7 Å². The minimum atomic E-state index is -3.72. The number of nitrogens with zero attached hydrogens (tertiary/aromatic N) is 1. The van der Waals surface area contributed by atoms with Gasteiger partial charge >= 0.3 is 0 Å². The molecule has 3 N–H and O–H groups in total. The summed E-state index contributed by atoms with van der Waals surface area (Å²) < 4.78 is 27.0. The summed E-state index contributed by atoms with van der Waals surface area (Å²) in [5.41, 5.74) is 7.06. The first-order valence-corrected chi connectivity index (χ1v) is 10.5. The predicted octanol–water partition coefficient (Wildman–Crippen LogP) is 3.39. The van der Waals surface area contributed by atoms with Crippen LogP contribution in [0.1, 0.15) is 25.7 Å². The van der Waals surface area contributed by atoms with Crippen LogP contribution in [0.2, 0.25) is 0 Å². The highest BCUT2D eigenvalue weighted by atomic mass is 35.5. The number of anilines is 2. The van der Waals surface area contributed by atoms with Crippen molar-refractivity contribution in [1.82, 2.24) is 0 Å². The Morgan fingerprint density at radius 2 is 1.86 bits per heavy atom. The minimum Gasteiger partial charge on any atom is -0.327 e. The summed E-state index contributed by atoms with van der Waals surface area (Å²) in [5, 5.41) is 2.80.